The summed E-state index contributed by atoms with van der Waals surface area (Å²) in [5, 5.41) is 10.9. The van der Waals surface area contributed by atoms with Gasteiger partial charge in [0.05, 0.1) is 15.5 Å². The highest BCUT2D eigenvalue weighted by molar-refractivity contribution is 9.10. The third-order valence-electron chi connectivity index (χ3n) is 3.11. The van der Waals surface area contributed by atoms with Gasteiger partial charge in [0.25, 0.3) is 15.7 Å². The Hall–Kier alpha value is -1.93. The summed E-state index contributed by atoms with van der Waals surface area (Å²) in [5.74, 6) is 0. The molecule has 2 rings (SSSR count). The SMILES string of the molecule is Cc1ccc(NS(=O)(=O)c2cccc([N+](=O)[O-])c2C)c(Br)c1. The highest BCUT2D eigenvalue weighted by Gasteiger charge is 2.23. The van der Waals surface area contributed by atoms with Crippen molar-refractivity contribution in [3.63, 3.8) is 0 Å². The molecule has 0 amide bonds. The summed E-state index contributed by atoms with van der Waals surface area (Å²) in [6, 6.07) is 9.14. The lowest BCUT2D eigenvalue weighted by Crippen LogP contribution is -2.15. The molecule has 0 spiro atoms. The number of aryl methyl sites for hydroxylation is 1. The fourth-order valence-electron chi connectivity index (χ4n) is 1.99. The Morgan fingerprint density at radius 2 is 1.86 bits per heavy atom. The Bertz CT molecular complexity index is 850. The van der Waals surface area contributed by atoms with Gasteiger partial charge in [-0.15, -0.1) is 0 Å². The van der Waals surface area contributed by atoms with Crippen molar-refractivity contribution < 1.29 is 13.3 Å². The molecule has 6 nitrogen and oxygen atoms in total. The number of nitrogens with one attached hydrogen (secondary N) is 1. The van der Waals surface area contributed by atoms with Crippen LogP contribution in [0.1, 0.15) is 11.1 Å². The molecule has 0 saturated carbocycles. The van der Waals surface area contributed by atoms with E-state index in [0.717, 1.165) is 5.56 Å². The van der Waals surface area contributed by atoms with Crippen molar-refractivity contribution >= 4 is 37.3 Å². The van der Waals surface area contributed by atoms with Gasteiger partial charge in [-0.05, 0) is 53.5 Å². The molecule has 22 heavy (non-hydrogen) atoms. The van der Waals surface area contributed by atoms with Crippen LogP contribution in [0, 0.1) is 24.0 Å². The Balaban J connectivity index is 2.47. The maximum atomic E-state index is 12.5. The molecule has 8 heteroatoms. The van der Waals surface area contributed by atoms with Crippen molar-refractivity contribution in [2.24, 2.45) is 0 Å². The van der Waals surface area contributed by atoms with Crippen LogP contribution in [0.2, 0.25) is 0 Å². The normalized spacial score (nSPS) is 11.2. The molecule has 0 unspecified atom stereocenters. The number of nitro benzene ring substituents is 1. The maximum absolute atomic E-state index is 12.5. The topological polar surface area (TPSA) is 89.3 Å². The molecule has 0 fully saturated rings. The average molecular weight is 385 g/mol. The molecule has 0 saturated heterocycles. The van der Waals surface area contributed by atoms with Gasteiger partial charge < -0.3 is 0 Å². The van der Waals surface area contributed by atoms with E-state index in [-0.39, 0.29) is 16.1 Å². The Morgan fingerprint density at radius 1 is 1.18 bits per heavy atom. The Labute approximate surface area is 136 Å². The number of anilines is 1. The van der Waals surface area contributed by atoms with Gasteiger partial charge in [-0.3, -0.25) is 14.8 Å². The third-order valence-corrected chi connectivity index (χ3v) is 5.28. The lowest BCUT2D eigenvalue weighted by molar-refractivity contribution is -0.385. The number of halogens is 1. The number of hydrogen-bond acceptors (Lipinski definition) is 4. The molecule has 0 aliphatic heterocycles. The van der Waals surface area contributed by atoms with Crippen LogP contribution >= 0.6 is 15.9 Å². The first-order valence-corrected chi connectivity index (χ1v) is 8.53. The maximum Gasteiger partial charge on any atom is 0.273 e. The van der Waals surface area contributed by atoms with Crippen molar-refractivity contribution in [3.8, 4) is 0 Å². The fourth-order valence-corrected chi connectivity index (χ4v) is 4.06. The summed E-state index contributed by atoms with van der Waals surface area (Å²) in [7, 11) is -3.92. The highest BCUT2D eigenvalue weighted by atomic mass is 79.9. The molecule has 0 heterocycles. The zero-order valence-corrected chi connectivity index (χ0v) is 14.2. The van der Waals surface area contributed by atoms with E-state index >= 15 is 0 Å². The fraction of sp³-hybridized carbons (Fsp3) is 0.143. The van der Waals surface area contributed by atoms with Gasteiger partial charge in [0.2, 0.25) is 0 Å². The zero-order chi connectivity index (χ0) is 16.5. The highest BCUT2D eigenvalue weighted by Crippen LogP contribution is 2.29. The van der Waals surface area contributed by atoms with Gasteiger partial charge in [-0.1, -0.05) is 12.1 Å². The van der Waals surface area contributed by atoms with Crippen LogP contribution in [0.4, 0.5) is 11.4 Å². The quantitative estimate of drug-likeness (QED) is 0.641. The minimum atomic E-state index is -3.92. The van der Waals surface area contributed by atoms with Crippen LogP contribution in [0.5, 0.6) is 0 Å². The smallest absolute Gasteiger partial charge is 0.273 e. The molecule has 0 aromatic heterocycles. The first-order chi connectivity index (χ1) is 10.2. The molecule has 0 radical (unpaired) electrons. The van der Waals surface area contributed by atoms with E-state index in [1.165, 1.54) is 25.1 Å². The monoisotopic (exact) mass is 384 g/mol. The lowest BCUT2D eigenvalue weighted by atomic mass is 10.2. The predicted molar refractivity (Wildman–Crippen MR) is 87.5 cm³/mol. The second-order valence-corrected chi connectivity index (χ2v) is 7.25. The molecule has 0 bridgehead atoms. The summed E-state index contributed by atoms with van der Waals surface area (Å²) in [5.41, 5.74) is 1.21. The molecule has 0 aliphatic rings. The van der Waals surface area contributed by atoms with E-state index in [9.17, 15) is 18.5 Å². The summed E-state index contributed by atoms with van der Waals surface area (Å²) >= 11 is 3.29. The van der Waals surface area contributed by atoms with Gasteiger partial charge in [0, 0.05) is 16.1 Å². The van der Waals surface area contributed by atoms with Gasteiger partial charge >= 0.3 is 0 Å². The van der Waals surface area contributed by atoms with Crippen LogP contribution < -0.4 is 4.72 Å². The number of sulfonamides is 1. The zero-order valence-electron chi connectivity index (χ0n) is 11.8. The molecule has 1 N–H and O–H groups in total. The van der Waals surface area contributed by atoms with E-state index in [4.69, 9.17) is 0 Å². The molecule has 2 aromatic rings. The van der Waals surface area contributed by atoms with E-state index in [2.05, 4.69) is 20.7 Å². The second-order valence-electron chi connectivity index (χ2n) is 4.75. The third kappa shape index (κ3) is 3.28. The first-order valence-electron chi connectivity index (χ1n) is 6.25. The van der Waals surface area contributed by atoms with Crippen LogP contribution in [0.15, 0.2) is 45.8 Å². The molecular weight excluding hydrogens is 372 g/mol. The number of nitro groups is 1. The van der Waals surface area contributed by atoms with E-state index in [1.54, 1.807) is 18.2 Å². The molecular formula is C14H13BrN2O4S. The second kappa shape index (κ2) is 6.05. The lowest BCUT2D eigenvalue weighted by Gasteiger charge is -2.12. The van der Waals surface area contributed by atoms with Crippen LogP contribution in [0.3, 0.4) is 0 Å². The number of hydrogen-bond donors (Lipinski definition) is 1. The van der Waals surface area contributed by atoms with Crippen LogP contribution in [-0.2, 0) is 10.0 Å². The molecule has 0 aliphatic carbocycles. The molecule has 0 atom stereocenters. The average Bonchev–Trinajstić information content (AvgIpc) is 2.41. The summed E-state index contributed by atoms with van der Waals surface area (Å²) in [6.07, 6.45) is 0. The van der Waals surface area contributed by atoms with Gasteiger partial charge in [0.15, 0.2) is 0 Å². The summed E-state index contributed by atoms with van der Waals surface area (Å²) in [6.45, 7) is 3.30. The van der Waals surface area contributed by atoms with Gasteiger partial charge in [0.1, 0.15) is 0 Å². The minimum Gasteiger partial charge on any atom is -0.278 e. The summed E-state index contributed by atoms with van der Waals surface area (Å²) in [4.78, 5) is 10.2. The van der Waals surface area contributed by atoms with Crippen LogP contribution in [0.25, 0.3) is 0 Å². The van der Waals surface area contributed by atoms with Crippen molar-refractivity contribution in [1.29, 1.82) is 0 Å². The number of rotatable bonds is 4. The number of nitrogens with zero attached hydrogens (tertiary/aromatic N) is 1. The predicted octanol–water partition coefficient (Wildman–Crippen LogP) is 3.77. The first kappa shape index (κ1) is 16.4. The standard InChI is InChI=1S/C14H13BrN2O4S/c1-9-6-7-12(11(15)8-9)16-22(20,21)14-5-3-4-13(10(14)2)17(18)19/h3-8,16H,1-2H3. The van der Waals surface area contributed by atoms with E-state index in [1.807, 2.05) is 6.92 Å². The Kier molecular flexibility index (Phi) is 4.52. The van der Waals surface area contributed by atoms with Crippen molar-refractivity contribution in [1.82, 2.24) is 0 Å². The van der Waals surface area contributed by atoms with Gasteiger partial charge in [-0.2, -0.15) is 0 Å². The Morgan fingerprint density at radius 3 is 2.45 bits per heavy atom. The van der Waals surface area contributed by atoms with Crippen LogP contribution in [-0.4, -0.2) is 13.3 Å². The summed E-state index contributed by atoms with van der Waals surface area (Å²) < 4.78 is 28.0. The molecule has 2 aromatic carbocycles. The van der Waals surface area contributed by atoms with Crippen molar-refractivity contribution in [2.75, 3.05) is 4.72 Å². The minimum absolute atomic E-state index is 0.100. The molecule has 116 valence electrons. The van der Waals surface area contributed by atoms with Crippen molar-refractivity contribution in [3.05, 3.63) is 62.1 Å². The van der Waals surface area contributed by atoms with Gasteiger partial charge in [-0.25, -0.2) is 8.42 Å². The van der Waals surface area contributed by atoms with E-state index in [0.29, 0.717) is 10.2 Å². The largest absolute Gasteiger partial charge is 0.278 e. The van der Waals surface area contributed by atoms with Crippen molar-refractivity contribution in [2.45, 2.75) is 18.7 Å². The number of benzene rings is 2. The van der Waals surface area contributed by atoms with E-state index < -0.39 is 14.9 Å².